The number of methoxy groups -OCH3 is 1. The van der Waals surface area contributed by atoms with E-state index in [4.69, 9.17) is 4.74 Å². The molecule has 2 aromatic rings. The number of benzene rings is 2. The van der Waals surface area contributed by atoms with E-state index in [1.54, 1.807) is 25.3 Å². The molecule has 2 N–H and O–H groups in total. The largest absolute Gasteiger partial charge is 0.497 e. The number of rotatable bonds is 8. The summed E-state index contributed by atoms with van der Waals surface area (Å²) < 4.78 is 31.5. The second kappa shape index (κ2) is 10.1. The van der Waals surface area contributed by atoms with Crippen LogP contribution in [0.15, 0.2) is 58.4 Å². The minimum Gasteiger partial charge on any atom is -0.497 e. The van der Waals surface area contributed by atoms with Crippen molar-refractivity contribution < 1.29 is 13.2 Å². The topological polar surface area (TPSA) is 83.0 Å². The Hall–Kier alpha value is -2.58. The molecule has 0 aliphatic heterocycles. The smallest absolute Gasteiger partial charge is 0.240 e. The van der Waals surface area contributed by atoms with Crippen LogP contribution in [0.3, 0.4) is 0 Å². The Morgan fingerprint density at radius 3 is 2.46 bits per heavy atom. The number of guanidine groups is 1. The molecule has 0 aliphatic carbocycles. The number of ether oxygens (including phenoxy) is 1. The monoisotopic (exact) mass is 404 g/mol. The third-order valence-electron chi connectivity index (χ3n) is 4.16. The van der Waals surface area contributed by atoms with Gasteiger partial charge in [-0.25, -0.2) is 18.1 Å². The normalized spacial score (nSPS) is 11.9. The highest BCUT2D eigenvalue weighted by Gasteiger charge is 2.12. The van der Waals surface area contributed by atoms with Crippen LogP contribution in [0.5, 0.6) is 5.75 Å². The zero-order chi connectivity index (χ0) is 20.6. The van der Waals surface area contributed by atoms with E-state index in [0.29, 0.717) is 13.1 Å². The summed E-state index contributed by atoms with van der Waals surface area (Å²) in [5.74, 6) is 1.57. The molecule has 2 rings (SSSR count). The summed E-state index contributed by atoms with van der Waals surface area (Å²) in [6, 6.07) is 14.7. The molecule has 0 saturated heterocycles. The van der Waals surface area contributed by atoms with Crippen LogP contribution in [0.25, 0.3) is 0 Å². The molecule has 0 unspecified atom stereocenters. The van der Waals surface area contributed by atoms with Gasteiger partial charge in [-0.15, -0.1) is 0 Å². The van der Waals surface area contributed by atoms with Crippen LogP contribution >= 0.6 is 0 Å². The molecule has 0 radical (unpaired) electrons. The van der Waals surface area contributed by atoms with Gasteiger partial charge >= 0.3 is 0 Å². The maximum atomic E-state index is 12.0. The van der Waals surface area contributed by atoms with Gasteiger partial charge in [-0.05, 0) is 49.4 Å². The van der Waals surface area contributed by atoms with E-state index < -0.39 is 10.0 Å². The third-order valence-corrected chi connectivity index (χ3v) is 5.58. The molecule has 0 spiro atoms. The van der Waals surface area contributed by atoms with Crippen LogP contribution in [-0.2, 0) is 23.1 Å². The molecule has 0 bridgehead atoms. The molecule has 0 heterocycles. The van der Waals surface area contributed by atoms with Gasteiger partial charge < -0.3 is 15.0 Å². The average Bonchev–Trinajstić information content (AvgIpc) is 2.71. The van der Waals surface area contributed by atoms with Crippen molar-refractivity contribution in [3.8, 4) is 5.75 Å². The van der Waals surface area contributed by atoms with Crippen molar-refractivity contribution in [1.29, 1.82) is 0 Å². The summed E-state index contributed by atoms with van der Waals surface area (Å²) in [5.41, 5.74) is 1.96. The lowest BCUT2D eigenvalue weighted by Gasteiger charge is -2.22. The molecule has 152 valence electrons. The molecular weight excluding hydrogens is 376 g/mol. The first kappa shape index (κ1) is 21.7. The molecular formula is C20H28N4O3S. The van der Waals surface area contributed by atoms with E-state index in [1.807, 2.05) is 49.2 Å². The van der Waals surface area contributed by atoms with E-state index in [9.17, 15) is 8.42 Å². The summed E-state index contributed by atoms with van der Waals surface area (Å²) in [4.78, 5) is 6.92. The standard InChI is InChI=1S/C20H28N4O3S/c1-5-22-20(24(3)15-16-9-11-18(27-4)12-10-16)23-14-17-7-6-8-19(13-17)28(25,26)21-2/h6-13,21H,5,14-15H2,1-4H3,(H,22,23). The Labute approximate surface area is 167 Å². The van der Waals surface area contributed by atoms with Crippen LogP contribution in [0.2, 0.25) is 0 Å². The van der Waals surface area contributed by atoms with Crippen molar-refractivity contribution >= 4 is 16.0 Å². The van der Waals surface area contributed by atoms with E-state index in [1.165, 1.54) is 7.05 Å². The lowest BCUT2D eigenvalue weighted by molar-refractivity contribution is 0.414. The van der Waals surface area contributed by atoms with Crippen molar-refractivity contribution in [2.75, 3.05) is 27.7 Å². The van der Waals surface area contributed by atoms with E-state index >= 15 is 0 Å². The minimum atomic E-state index is -3.47. The summed E-state index contributed by atoms with van der Waals surface area (Å²) in [6.45, 7) is 3.81. The van der Waals surface area contributed by atoms with Crippen LogP contribution < -0.4 is 14.8 Å². The zero-order valence-corrected chi connectivity index (χ0v) is 17.6. The van der Waals surface area contributed by atoms with Gasteiger partial charge in [0.2, 0.25) is 10.0 Å². The second-order valence-corrected chi connectivity index (χ2v) is 8.12. The fraction of sp³-hybridized carbons (Fsp3) is 0.350. The summed E-state index contributed by atoms with van der Waals surface area (Å²) in [7, 11) is 1.55. The Bertz CT molecular complexity index is 896. The average molecular weight is 405 g/mol. The minimum absolute atomic E-state index is 0.235. The number of nitrogens with one attached hydrogen (secondary N) is 2. The van der Waals surface area contributed by atoms with Gasteiger partial charge in [0.1, 0.15) is 5.75 Å². The highest BCUT2D eigenvalue weighted by molar-refractivity contribution is 7.89. The molecule has 7 nitrogen and oxygen atoms in total. The zero-order valence-electron chi connectivity index (χ0n) is 16.8. The summed E-state index contributed by atoms with van der Waals surface area (Å²) in [6.07, 6.45) is 0. The van der Waals surface area contributed by atoms with Crippen molar-refractivity contribution in [3.63, 3.8) is 0 Å². The van der Waals surface area contributed by atoms with Crippen molar-refractivity contribution in [1.82, 2.24) is 14.9 Å². The third kappa shape index (κ3) is 5.97. The predicted octanol–water partition coefficient (Wildman–Crippen LogP) is 2.20. The quantitative estimate of drug-likeness (QED) is 0.521. The van der Waals surface area contributed by atoms with Gasteiger partial charge in [-0.3, -0.25) is 0 Å². The van der Waals surface area contributed by atoms with Crippen molar-refractivity contribution in [2.45, 2.75) is 24.9 Å². The van der Waals surface area contributed by atoms with Gasteiger partial charge in [0.15, 0.2) is 5.96 Å². The van der Waals surface area contributed by atoms with Crippen LogP contribution in [-0.4, -0.2) is 47.0 Å². The predicted molar refractivity (Wildman–Crippen MR) is 112 cm³/mol. The number of hydrogen-bond donors (Lipinski definition) is 2. The van der Waals surface area contributed by atoms with Crippen LogP contribution in [0.4, 0.5) is 0 Å². The number of aliphatic imine (C=N–C) groups is 1. The van der Waals surface area contributed by atoms with Crippen molar-refractivity contribution in [3.05, 3.63) is 59.7 Å². The fourth-order valence-corrected chi connectivity index (χ4v) is 3.44. The Morgan fingerprint density at radius 1 is 1.14 bits per heavy atom. The molecule has 0 fully saturated rings. The first-order valence-corrected chi connectivity index (χ1v) is 10.5. The molecule has 8 heteroatoms. The molecule has 0 aliphatic rings. The summed E-state index contributed by atoms with van der Waals surface area (Å²) >= 11 is 0. The van der Waals surface area contributed by atoms with Crippen LogP contribution in [0, 0.1) is 0 Å². The molecule has 0 saturated carbocycles. The highest BCUT2D eigenvalue weighted by Crippen LogP contribution is 2.14. The van der Waals surface area contributed by atoms with E-state index in [-0.39, 0.29) is 4.90 Å². The molecule has 0 atom stereocenters. The van der Waals surface area contributed by atoms with E-state index in [0.717, 1.165) is 29.4 Å². The molecule has 2 aromatic carbocycles. The van der Waals surface area contributed by atoms with E-state index in [2.05, 4.69) is 15.0 Å². The Balaban J connectivity index is 2.13. The molecule has 0 amide bonds. The van der Waals surface area contributed by atoms with Gasteiger partial charge in [0.25, 0.3) is 0 Å². The van der Waals surface area contributed by atoms with Gasteiger partial charge in [-0.1, -0.05) is 24.3 Å². The SMILES string of the molecule is CCNC(=NCc1cccc(S(=O)(=O)NC)c1)N(C)Cc1ccc(OC)cc1. The second-order valence-electron chi connectivity index (χ2n) is 6.23. The first-order valence-electron chi connectivity index (χ1n) is 9.04. The lowest BCUT2D eigenvalue weighted by Crippen LogP contribution is -2.38. The molecule has 28 heavy (non-hydrogen) atoms. The Kier molecular flexibility index (Phi) is 7.83. The molecule has 0 aromatic heterocycles. The highest BCUT2D eigenvalue weighted by atomic mass is 32.2. The van der Waals surface area contributed by atoms with Crippen LogP contribution in [0.1, 0.15) is 18.1 Å². The van der Waals surface area contributed by atoms with Gasteiger partial charge in [0, 0.05) is 20.1 Å². The lowest BCUT2D eigenvalue weighted by atomic mass is 10.2. The summed E-state index contributed by atoms with van der Waals surface area (Å²) in [5, 5.41) is 3.27. The first-order chi connectivity index (χ1) is 13.4. The Morgan fingerprint density at radius 2 is 1.86 bits per heavy atom. The van der Waals surface area contributed by atoms with Gasteiger partial charge in [0.05, 0.1) is 18.6 Å². The fourth-order valence-electron chi connectivity index (χ4n) is 2.64. The number of sulfonamides is 1. The maximum absolute atomic E-state index is 12.0. The number of hydrogen-bond acceptors (Lipinski definition) is 4. The van der Waals surface area contributed by atoms with Gasteiger partial charge in [-0.2, -0.15) is 0 Å². The van der Waals surface area contributed by atoms with Crippen molar-refractivity contribution in [2.24, 2.45) is 4.99 Å². The number of nitrogens with zero attached hydrogens (tertiary/aromatic N) is 2. The maximum Gasteiger partial charge on any atom is 0.240 e.